The van der Waals surface area contributed by atoms with Gasteiger partial charge in [0.2, 0.25) is 0 Å². The Kier molecular flexibility index (Phi) is 4.09. The number of carbonyl (C=O) groups excluding carboxylic acids is 2. The molecule has 0 radical (unpaired) electrons. The highest BCUT2D eigenvalue weighted by molar-refractivity contribution is 7.80. The molecule has 0 aromatic carbocycles. The molecule has 2 rings (SSSR count). The molecule has 20 heavy (non-hydrogen) atoms. The lowest BCUT2D eigenvalue weighted by atomic mass is 10.1. The molecule has 2 heterocycles. The molecule has 1 aromatic rings. The summed E-state index contributed by atoms with van der Waals surface area (Å²) in [5, 5.41) is 6.68. The summed E-state index contributed by atoms with van der Waals surface area (Å²) < 4.78 is 1.71. The van der Waals surface area contributed by atoms with E-state index >= 15 is 0 Å². The fraction of sp³-hybridized carbons (Fsp3) is 0.231. The molecule has 0 saturated carbocycles. The third-order valence-corrected chi connectivity index (χ3v) is 3.11. The van der Waals surface area contributed by atoms with Gasteiger partial charge in [0.15, 0.2) is 5.11 Å². The van der Waals surface area contributed by atoms with Crippen molar-refractivity contribution < 1.29 is 9.59 Å². The van der Waals surface area contributed by atoms with Crippen LogP contribution in [0.5, 0.6) is 0 Å². The molecule has 0 unspecified atom stereocenters. The van der Waals surface area contributed by atoms with Crippen LogP contribution in [0.25, 0.3) is 6.08 Å². The average molecular weight is 290 g/mol. The SMILES string of the molecule is C=CCN1C(=O)C(=Cc2cnn(CC)c2)C(=O)NC1=S. The van der Waals surface area contributed by atoms with Gasteiger partial charge in [0.25, 0.3) is 11.8 Å². The zero-order valence-corrected chi connectivity index (χ0v) is 11.8. The van der Waals surface area contributed by atoms with Gasteiger partial charge in [0.1, 0.15) is 5.57 Å². The maximum atomic E-state index is 12.3. The smallest absolute Gasteiger partial charge is 0.265 e. The standard InChI is InChI=1S/C13H14N4O2S/c1-3-5-17-12(19)10(11(18)15-13(17)20)6-9-7-14-16(4-2)8-9/h3,6-8H,1,4-5H2,2H3,(H,15,18,20). The normalized spacial score (nSPS) is 17.6. The molecule has 1 saturated heterocycles. The molecular formula is C13H14N4O2S. The number of aromatic nitrogens is 2. The molecule has 6 nitrogen and oxygen atoms in total. The highest BCUT2D eigenvalue weighted by Crippen LogP contribution is 2.14. The Hall–Kier alpha value is -2.28. The van der Waals surface area contributed by atoms with Crippen molar-refractivity contribution in [1.82, 2.24) is 20.0 Å². The third kappa shape index (κ3) is 2.67. The van der Waals surface area contributed by atoms with E-state index < -0.39 is 11.8 Å². The minimum Gasteiger partial charge on any atom is -0.298 e. The van der Waals surface area contributed by atoms with Gasteiger partial charge in [0.05, 0.1) is 6.20 Å². The summed E-state index contributed by atoms with van der Waals surface area (Å²) in [5.74, 6) is -0.924. The minimum atomic E-state index is -0.496. The molecule has 1 aliphatic rings. The van der Waals surface area contributed by atoms with Gasteiger partial charge in [-0.25, -0.2) is 0 Å². The van der Waals surface area contributed by atoms with Crippen LogP contribution in [0.3, 0.4) is 0 Å². The summed E-state index contributed by atoms with van der Waals surface area (Å²) >= 11 is 4.97. The van der Waals surface area contributed by atoms with Gasteiger partial charge in [-0.2, -0.15) is 5.10 Å². The van der Waals surface area contributed by atoms with E-state index in [0.717, 1.165) is 6.54 Å². The molecule has 2 amide bonds. The maximum absolute atomic E-state index is 12.3. The second kappa shape index (κ2) is 5.79. The molecule has 0 spiro atoms. The fourth-order valence-corrected chi connectivity index (χ4v) is 2.03. The van der Waals surface area contributed by atoms with Crippen LogP contribution in [0.1, 0.15) is 12.5 Å². The molecule has 1 fully saturated rings. The summed E-state index contributed by atoms with van der Waals surface area (Å²) in [5.41, 5.74) is 0.729. The van der Waals surface area contributed by atoms with Gasteiger partial charge >= 0.3 is 0 Å². The van der Waals surface area contributed by atoms with Gasteiger partial charge in [-0.05, 0) is 25.2 Å². The van der Waals surface area contributed by atoms with Gasteiger partial charge < -0.3 is 0 Å². The Morgan fingerprint density at radius 2 is 2.25 bits per heavy atom. The number of nitrogens with one attached hydrogen (secondary N) is 1. The van der Waals surface area contributed by atoms with E-state index in [4.69, 9.17) is 12.2 Å². The number of hydrogen-bond acceptors (Lipinski definition) is 4. The molecule has 1 aliphatic heterocycles. The Balaban J connectivity index is 2.33. The number of aryl methyl sites for hydroxylation is 1. The van der Waals surface area contributed by atoms with E-state index in [1.54, 1.807) is 23.2 Å². The first kappa shape index (κ1) is 14.1. The van der Waals surface area contributed by atoms with Crippen LogP contribution >= 0.6 is 12.2 Å². The van der Waals surface area contributed by atoms with Crippen LogP contribution < -0.4 is 5.32 Å². The molecule has 0 aliphatic carbocycles. The van der Waals surface area contributed by atoms with Crippen molar-refractivity contribution in [1.29, 1.82) is 0 Å². The second-order valence-electron chi connectivity index (χ2n) is 4.15. The summed E-state index contributed by atoms with van der Waals surface area (Å²) in [6.45, 7) is 6.49. The number of amides is 2. The molecule has 1 N–H and O–H groups in total. The molecule has 104 valence electrons. The van der Waals surface area contributed by atoms with Crippen molar-refractivity contribution in [3.63, 3.8) is 0 Å². The van der Waals surface area contributed by atoms with Crippen LogP contribution in [0.2, 0.25) is 0 Å². The quantitative estimate of drug-likeness (QED) is 0.384. The summed E-state index contributed by atoms with van der Waals surface area (Å²) in [7, 11) is 0. The highest BCUT2D eigenvalue weighted by Gasteiger charge is 2.32. The van der Waals surface area contributed by atoms with Crippen LogP contribution in [0.15, 0.2) is 30.6 Å². The Morgan fingerprint density at radius 1 is 1.50 bits per heavy atom. The molecule has 1 aromatic heterocycles. The van der Waals surface area contributed by atoms with Gasteiger partial charge in [-0.3, -0.25) is 24.5 Å². The first-order valence-corrected chi connectivity index (χ1v) is 6.49. The van der Waals surface area contributed by atoms with Crippen molar-refractivity contribution >= 4 is 35.2 Å². The van der Waals surface area contributed by atoms with Gasteiger partial charge in [-0.15, -0.1) is 6.58 Å². The topological polar surface area (TPSA) is 67.2 Å². The monoisotopic (exact) mass is 290 g/mol. The molecule has 7 heteroatoms. The van der Waals surface area contributed by atoms with E-state index in [-0.39, 0.29) is 17.2 Å². The van der Waals surface area contributed by atoms with Crippen LogP contribution in [0, 0.1) is 0 Å². The predicted octanol–water partition coefficient (Wildman–Crippen LogP) is 0.716. The molecule has 0 bridgehead atoms. The van der Waals surface area contributed by atoms with E-state index in [0.29, 0.717) is 5.56 Å². The van der Waals surface area contributed by atoms with Gasteiger partial charge in [0, 0.05) is 24.8 Å². The number of carbonyl (C=O) groups is 2. The number of thiocarbonyl (C=S) groups is 1. The number of nitrogens with zero attached hydrogens (tertiary/aromatic N) is 3. The zero-order chi connectivity index (χ0) is 14.7. The van der Waals surface area contributed by atoms with E-state index in [2.05, 4.69) is 17.0 Å². The first-order valence-electron chi connectivity index (χ1n) is 6.09. The predicted molar refractivity (Wildman–Crippen MR) is 78.5 cm³/mol. The Labute approximate surface area is 121 Å². The average Bonchev–Trinajstić information content (AvgIpc) is 2.87. The summed E-state index contributed by atoms with van der Waals surface area (Å²) in [6, 6.07) is 0. The fourth-order valence-electron chi connectivity index (χ4n) is 1.78. The zero-order valence-electron chi connectivity index (χ0n) is 11.0. The van der Waals surface area contributed by atoms with Crippen molar-refractivity contribution in [2.45, 2.75) is 13.5 Å². The minimum absolute atomic E-state index is 0.0381. The second-order valence-corrected chi connectivity index (χ2v) is 4.54. The largest absolute Gasteiger partial charge is 0.298 e. The van der Waals surface area contributed by atoms with Crippen LogP contribution in [-0.2, 0) is 16.1 Å². The number of rotatable bonds is 4. The van der Waals surface area contributed by atoms with E-state index in [1.807, 2.05) is 6.92 Å². The van der Waals surface area contributed by atoms with Crippen molar-refractivity contribution in [3.05, 3.63) is 36.2 Å². The van der Waals surface area contributed by atoms with Crippen molar-refractivity contribution in [2.24, 2.45) is 0 Å². The first-order chi connectivity index (χ1) is 9.56. The third-order valence-electron chi connectivity index (χ3n) is 2.79. The maximum Gasteiger partial charge on any atom is 0.265 e. The Bertz CT molecular complexity index is 618. The van der Waals surface area contributed by atoms with Crippen LogP contribution in [-0.4, -0.2) is 38.2 Å². The van der Waals surface area contributed by atoms with Crippen LogP contribution in [0.4, 0.5) is 0 Å². The number of hydrogen-bond donors (Lipinski definition) is 1. The summed E-state index contributed by atoms with van der Waals surface area (Å²) in [4.78, 5) is 25.4. The van der Waals surface area contributed by atoms with Gasteiger partial charge in [-0.1, -0.05) is 6.08 Å². The van der Waals surface area contributed by atoms with E-state index in [1.165, 1.54) is 11.0 Å². The Morgan fingerprint density at radius 3 is 2.85 bits per heavy atom. The van der Waals surface area contributed by atoms with Crippen molar-refractivity contribution in [3.8, 4) is 0 Å². The van der Waals surface area contributed by atoms with E-state index in [9.17, 15) is 9.59 Å². The lowest BCUT2D eigenvalue weighted by molar-refractivity contribution is -0.128. The van der Waals surface area contributed by atoms with Crippen molar-refractivity contribution in [2.75, 3.05) is 6.54 Å². The lowest BCUT2D eigenvalue weighted by Crippen LogP contribution is -2.53. The molecule has 0 atom stereocenters. The molecular weight excluding hydrogens is 276 g/mol. The summed E-state index contributed by atoms with van der Waals surface area (Å²) in [6.07, 6.45) is 6.42. The highest BCUT2D eigenvalue weighted by atomic mass is 32.1. The lowest BCUT2D eigenvalue weighted by Gasteiger charge is -2.27.